The molecule has 1 aromatic heterocycles. The number of carbonyl (C=O) groups excluding carboxylic acids is 1. The van der Waals surface area contributed by atoms with Crippen molar-refractivity contribution in [3.05, 3.63) is 58.9 Å². The van der Waals surface area contributed by atoms with Crippen LogP contribution in [-0.4, -0.2) is 72.8 Å². The minimum atomic E-state index is -2.96. The van der Waals surface area contributed by atoms with Gasteiger partial charge in [0.1, 0.15) is 0 Å². The molecule has 0 aliphatic carbocycles. The van der Waals surface area contributed by atoms with Gasteiger partial charge in [-0.2, -0.15) is 0 Å². The number of Topliss-reactive ketones (excluding diaryl/α,β-unsaturated/α-hetero) is 1. The predicted molar refractivity (Wildman–Crippen MR) is 123 cm³/mol. The molecule has 6 nitrogen and oxygen atoms in total. The highest BCUT2D eigenvalue weighted by Gasteiger charge is 2.32. The summed E-state index contributed by atoms with van der Waals surface area (Å²) in [6.45, 7) is 7.08. The number of ketones is 1. The topological polar surface area (TPSA) is 62.6 Å². The molecule has 2 fully saturated rings. The molecule has 1 aromatic carbocycles. The lowest BCUT2D eigenvalue weighted by molar-refractivity contribution is 0.0939. The Hall–Kier alpha value is -1.96. The number of likely N-dealkylation sites (tertiary alicyclic amines) is 1. The van der Waals surface area contributed by atoms with Gasteiger partial charge in [-0.05, 0) is 45.4 Å². The molecule has 31 heavy (non-hydrogen) atoms. The van der Waals surface area contributed by atoms with Crippen LogP contribution in [-0.2, 0) is 16.4 Å². The molecule has 2 atom stereocenters. The maximum absolute atomic E-state index is 13.1. The van der Waals surface area contributed by atoms with Gasteiger partial charge in [-0.25, -0.2) is 8.42 Å². The fourth-order valence-electron chi connectivity index (χ4n) is 5.20. The van der Waals surface area contributed by atoms with Gasteiger partial charge < -0.3 is 4.57 Å². The van der Waals surface area contributed by atoms with Crippen molar-refractivity contribution in [1.82, 2.24) is 14.4 Å². The molecule has 0 spiro atoms. The van der Waals surface area contributed by atoms with Crippen LogP contribution in [0.4, 0.5) is 0 Å². The first-order chi connectivity index (χ1) is 14.7. The molecular weight excluding hydrogens is 410 g/mol. The van der Waals surface area contributed by atoms with Crippen LogP contribution in [0.1, 0.15) is 46.2 Å². The molecule has 168 valence electrons. The average Bonchev–Trinajstić information content (AvgIpc) is 3.40. The lowest BCUT2D eigenvalue weighted by Crippen LogP contribution is -2.35. The van der Waals surface area contributed by atoms with E-state index >= 15 is 0 Å². The monoisotopic (exact) mass is 443 g/mol. The van der Waals surface area contributed by atoms with E-state index in [1.807, 2.05) is 26.0 Å². The van der Waals surface area contributed by atoms with E-state index < -0.39 is 9.84 Å². The van der Waals surface area contributed by atoms with Crippen LogP contribution in [0, 0.1) is 13.8 Å². The van der Waals surface area contributed by atoms with Crippen molar-refractivity contribution in [3.63, 3.8) is 0 Å². The Morgan fingerprint density at radius 3 is 2.58 bits per heavy atom. The first-order valence-corrected chi connectivity index (χ1v) is 12.9. The molecule has 2 aliphatic heterocycles. The molecular formula is C24H33N3O3S. The van der Waals surface area contributed by atoms with Gasteiger partial charge in [-0.3, -0.25) is 14.6 Å². The Kier molecular flexibility index (Phi) is 6.37. The van der Waals surface area contributed by atoms with E-state index in [0.29, 0.717) is 19.0 Å². The van der Waals surface area contributed by atoms with Gasteiger partial charge in [0.2, 0.25) is 0 Å². The molecule has 0 bridgehead atoms. The Morgan fingerprint density at radius 1 is 1.16 bits per heavy atom. The van der Waals surface area contributed by atoms with Crippen LogP contribution in [0.3, 0.4) is 0 Å². The third kappa shape index (κ3) is 4.94. The van der Waals surface area contributed by atoms with Gasteiger partial charge in [-0.1, -0.05) is 30.3 Å². The van der Waals surface area contributed by atoms with Gasteiger partial charge in [0.15, 0.2) is 15.6 Å². The van der Waals surface area contributed by atoms with Crippen LogP contribution in [0.2, 0.25) is 0 Å². The van der Waals surface area contributed by atoms with E-state index in [2.05, 4.69) is 45.7 Å². The zero-order chi connectivity index (χ0) is 22.2. The summed E-state index contributed by atoms with van der Waals surface area (Å²) in [6.07, 6.45) is 1.70. The second kappa shape index (κ2) is 8.88. The Labute approximate surface area is 185 Å². The summed E-state index contributed by atoms with van der Waals surface area (Å²) in [4.78, 5) is 17.7. The largest absolute Gasteiger partial charge is 0.344 e. The molecule has 0 amide bonds. The lowest BCUT2D eigenvalue weighted by Gasteiger charge is -2.24. The van der Waals surface area contributed by atoms with Crippen molar-refractivity contribution in [1.29, 1.82) is 0 Å². The normalized spacial score (nSPS) is 23.6. The van der Waals surface area contributed by atoms with Gasteiger partial charge in [-0.15, -0.1) is 0 Å². The van der Waals surface area contributed by atoms with Crippen molar-refractivity contribution >= 4 is 15.6 Å². The number of rotatable bonds is 7. The molecule has 4 rings (SSSR count). The average molecular weight is 444 g/mol. The smallest absolute Gasteiger partial charge is 0.178 e. The Morgan fingerprint density at radius 2 is 1.90 bits per heavy atom. The van der Waals surface area contributed by atoms with Crippen LogP contribution < -0.4 is 0 Å². The number of sulfone groups is 1. The minimum Gasteiger partial charge on any atom is -0.344 e. The fourth-order valence-corrected chi connectivity index (χ4v) is 6.90. The zero-order valence-electron chi connectivity index (χ0n) is 18.8. The van der Waals surface area contributed by atoms with Gasteiger partial charge in [0.05, 0.1) is 18.1 Å². The first kappa shape index (κ1) is 22.2. The lowest BCUT2D eigenvalue weighted by atomic mass is 10.1. The van der Waals surface area contributed by atoms with Crippen molar-refractivity contribution in [2.45, 2.75) is 45.3 Å². The van der Waals surface area contributed by atoms with Gasteiger partial charge in [0, 0.05) is 48.7 Å². The second-order valence-corrected chi connectivity index (χ2v) is 11.4. The maximum atomic E-state index is 13.1. The summed E-state index contributed by atoms with van der Waals surface area (Å²) in [5.74, 6) is 0.550. The predicted octanol–water partition coefficient (Wildman–Crippen LogP) is 2.85. The molecule has 0 unspecified atom stereocenters. The van der Waals surface area contributed by atoms with Crippen LogP contribution in [0.25, 0.3) is 0 Å². The first-order valence-electron chi connectivity index (χ1n) is 11.1. The third-order valence-electron chi connectivity index (χ3n) is 6.87. The summed E-state index contributed by atoms with van der Waals surface area (Å²) in [5, 5.41) is 0. The van der Waals surface area contributed by atoms with Crippen LogP contribution in [0.5, 0.6) is 0 Å². The number of aryl methyl sites for hydroxylation is 1. The highest BCUT2D eigenvalue weighted by Crippen LogP contribution is 2.29. The van der Waals surface area contributed by atoms with Crippen LogP contribution in [0.15, 0.2) is 36.4 Å². The molecule has 0 N–H and O–H groups in total. The van der Waals surface area contributed by atoms with E-state index in [1.165, 1.54) is 5.56 Å². The summed E-state index contributed by atoms with van der Waals surface area (Å²) >= 11 is 0. The molecule has 0 radical (unpaired) electrons. The maximum Gasteiger partial charge on any atom is 0.178 e. The summed E-state index contributed by atoms with van der Waals surface area (Å²) < 4.78 is 25.9. The SMILES string of the molecule is Cc1cc(C(=O)CN2CC[C@@H](N(C)Cc3ccccc3)C2)c(C)n1[C@H]1CCS(=O)(=O)C1. The van der Waals surface area contributed by atoms with Crippen LogP contribution >= 0.6 is 0 Å². The molecule has 0 saturated carbocycles. The standard InChI is InChI=1S/C24H33N3O3S/c1-18-13-23(19(2)27(18)22-10-12-31(29,30)17-22)24(28)16-26-11-9-21(15-26)25(3)14-20-7-5-4-6-8-20/h4-8,13,21-22H,9-12,14-17H2,1-3H3/t21-,22+/m1/s1. The number of carbonyl (C=O) groups is 1. The summed E-state index contributed by atoms with van der Waals surface area (Å²) in [7, 11) is -0.803. The van der Waals surface area contributed by atoms with Gasteiger partial charge in [0.25, 0.3) is 0 Å². The molecule has 2 aliphatic rings. The molecule has 2 aromatic rings. The molecule has 7 heteroatoms. The van der Waals surface area contributed by atoms with E-state index in [4.69, 9.17) is 0 Å². The van der Waals surface area contributed by atoms with Crippen molar-refractivity contribution in [2.24, 2.45) is 0 Å². The summed E-state index contributed by atoms with van der Waals surface area (Å²) in [5.41, 5.74) is 3.93. The number of hydrogen-bond acceptors (Lipinski definition) is 5. The van der Waals surface area contributed by atoms with E-state index in [1.54, 1.807) is 0 Å². The van der Waals surface area contributed by atoms with Crippen molar-refractivity contribution in [3.8, 4) is 0 Å². The summed E-state index contributed by atoms with van der Waals surface area (Å²) in [6, 6.07) is 12.8. The third-order valence-corrected chi connectivity index (χ3v) is 8.62. The highest BCUT2D eigenvalue weighted by molar-refractivity contribution is 7.91. The Bertz CT molecular complexity index is 1050. The number of hydrogen-bond donors (Lipinski definition) is 0. The zero-order valence-corrected chi connectivity index (χ0v) is 19.6. The van der Waals surface area contributed by atoms with E-state index in [-0.39, 0.29) is 23.3 Å². The molecule has 3 heterocycles. The van der Waals surface area contributed by atoms with Crippen molar-refractivity contribution < 1.29 is 13.2 Å². The van der Waals surface area contributed by atoms with E-state index in [9.17, 15) is 13.2 Å². The number of nitrogens with zero attached hydrogens (tertiary/aromatic N) is 3. The number of aromatic nitrogens is 1. The quantitative estimate of drug-likeness (QED) is 0.616. The van der Waals surface area contributed by atoms with E-state index in [0.717, 1.165) is 43.0 Å². The van der Waals surface area contributed by atoms with Gasteiger partial charge >= 0.3 is 0 Å². The second-order valence-electron chi connectivity index (χ2n) is 9.21. The molecule has 2 saturated heterocycles. The Balaban J connectivity index is 1.37. The number of benzene rings is 1. The minimum absolute atomic E-state index is 0.0469. The highest BCUT2D eigenvalue weighted by atomic mass is 32.2. The fraction of sp³-hybridized carbons (Fsp3) is 0.542. The van der Waals surface area contributed by atoms with Crippen molar-refractivity contribution in [2.75, 3.05) is 38.2 Å². The number of likely N-dealkylation sites (N-methyl/N-ethyl adjacent to an activating group) is 1.